The second-order valence-corrected chi connectivity index (χ2v) is 6.50. The van der Waals surface area contributed by atoms with Crippen molar-refractivity contribution in [2.75, 3.05) is 12.4 Å². The lowest BCUT2D eigenvalue weighted by molar-refractivity contribution is 0.185. The van der Waals surface area contributed by atoms with E-state index in [1.807, 2.05) is 31.2 Å². The predicted octanol–water partition coefficient (Wildman–Crippen LogP) is 5.67. The quantitative estimate of drug-likeness (QED) is 0.677. The van der Waals surface area contributed by atoms with Gasteiger partial charge in [0.1, 0.15) is 5.82 Å². The van der Waals surface area contributed by atoms with Crippen molar-refractivity contribution in [1.29, 1.82) is 0 Å². The summed E-state index contributed by atoms with van der Waals surface area (Å²) in [6.07, 6.45) is 0. The van der Waals surface area contributed by atoms with Crippen LogP contribution in [0.2, 0.25) is 0 Å². The molecule has 0 saturated carbocycles. The summed E-state index contributed by atoms with van der Waals surface area (Å²) in [6, 6.07) is 10.8. The van der Waals surface area contributed by atoms with Crippen molar-refractivity contribution in [2.24, 2.45) is 0 Å². The minimum Gasteiger partial charge on any atom is -0.380 e. The number of rotatable bonds is 5. The highest BCUT2D eigenvalue weighted by atomic mass is 79.9. The summed E-state index contributed by atoms with van der Waals surface area (Å²) in [5, 5.41) is 3.35. The summed E-state index contributed by atoms with van der Waals surface area (Å²) < 4.78 is 21.0. The van der Waals surface area contributed by atoms with E-state index in [1.54, 1.807) is 13.2 Å². The van der Waals surface area contributed by atoms with Gasteiger partial charge in [0.2, 0.25) is 0 Å². The molecular weight excluding hydrogens is 401 g/mol. The molecule has 0 heterocycles. The molecule has 0 fully saturated rings. The first-order chi connectivity index (χ1) is 10.0. The Morgan fingerprint density at radius 2 is 2.00 bits per heavy atom. The van der Waals surface area contributed by atoms with Crippen molar-refractivity contribution in [3.05, 3.63) is 62.3 Å². The lowest BCUT2D eigenvalue weighted by atomic mass is 10.1. The first-order valence-electron chi connectivity index (χ1n) is 6.50. The highest BCUT2D eigenvalue weighted by molar-refractivity contribution is 9.10. The number of methoxy groups -OCH3 is 1. The Balaban J connectivity index is 2.27. The molecule has 0 aliphatic heterocycles. The van der Waals surface area contributed by atoms with Crippen LogP contribution in [-0.2, 0) is 11.3 Å². The Morgan fingerprint density at radius 3 is 2.67 bits per heavy atom. The third-order valence-corrected chi connectivity index (χ3v) is 4.44. The van der Waals surface area contributed by atoms with E-state index >= 15 is 0 Å². The molecule has 0 aliphatic carbocycles. The molecule has 5 heteroatoms. The number of nitrogens with one attached hydrogen (secondary N) is 1. The van der Waals surface area contributed by atoms with Crippen LogP contribution in [-0.4, -0.2) is 7.11 Å². The van der Waals surface area contributed by atoms with E-state index in [2.05, 4.69) is 37.2 Å². The molecule has 0 amide bonds. The Kier molecular flexibility index (Phi) is 5.79. The van der Waals surface area contributed by atoms with Crippen LogP contribution < -0.4 is 5.32 Å². The minimum absolute atomic E-state index is 0.150. The number of hydrogen-bond donors (Lipinski definition) is 1. The highest BCUT2D eigenvalue weighted by Gasteiger charge is 2.14. The van der Waals surface area contributed by atoms with Crippen LogP contribution in [0.1, 0.15) is 24.1 Å². The summed E-state index contributed by atoms with van der Waals surface area (Å²) in [6.45, 7) is 2.42. The molecule has 1 atom stereocenters. The maximum absolute atomic E-state index is 14.0. The second-order valence-electron chi connectivity index (χ2n) is 4.73. The molecule has 0 aromatic heterocycles. The number of hydrogen-bond acceptors (Lipinski definition) is 2. The monoisotopic (exact) mass is 415 g/mol. The van der Waals surface area contributed by atoms with Crippen LogP contribution in [0.5, 0.6) is 0 Å². The summed E-state index contributed by atoms with van der Waals surface area (Å²) in [4.78, 5) is 0. The molecule has 0 aliphatic rings. The van der Waals surface area contributed by atoms with Crippen molar-refractivity contribution < 1.29 is 9.13 Å². The van der Waals surface area contributed by atoms with Gasteiger partial charge in [0.05, 0.1) is 12.6 Å². The van der Waals surface area contributed by atoms with Gasteiger partial charge < -0.3 is 10.1 Å². The maximum Gasteiger partial charge on any atom is 0.129 e. The van der Waals surface area contributed by atoms with Gasteiger partial charge in [0.15, 0.2) is 0 Å². The molecule has 2 aromatic carbocycles. The van der Waals surface area contributed by atoms with Crippen molar-refractivity contribution in [3.63, 3.8) is 0 Å². The first kappa shape index (κ1) is 16.5. The van der Waals surface area contributed by atoms with Gasteiger partial charge in [-0.1, -0.05) is 44.0 Å². The summed E-state index contributed by atoms with van der Waals surface area (Å²) in [5.41, 5.74) is 2.58. The molecule has 1 unspecified atom stereocenters. The van der Waals surface area contributed by atoms with Gasteiger partial charge in [-0.05, 0) is 31.2 Å². The minimum atomic E-state index is -0.229. The number of anilines is 1. The second kappa shape index (κ2) is 7.38. The molecule has 0 saturated heterocycles. The van der Waals surface area contributed by atoms with E-state index in [1.165, 1.54) is 6.07 Å². The van der Waals surface area contributed by atoms with Crippen LogP contribution in [0.25, 0.3) is 0 Å². The molecule has 112 valence electrons. The summed E-state index contributed by atoms with van der Waals surface area (Å²) in [5.74, 6) is -0.229. The van der Waals surface area contributed by atoms with Crippen LogP contribution in [0.4, 0.5) is 10.1 Å². The van der Waals surface area contributed by atoms with Crippen LogP contribution >= 0.6 is 31.9 Å². The van der Waals surface area contributed by atoms with E-state index in [9.17, 15) is 4.39 Å². The van der Waals surface area contributed by atoms with Gasteiger partial charge in [-0.15, -0.1) is 0 Å². The van der Waals surface area contributed by atoms with Crippen molar-refractivity contribution >= 4 is 37.5 Å². The topological polar surface area (TPSA) is 21.3 Å². The fourth-order valence-electron chi connectivity index (χ4n) is 2.15. The fraction of sp³-hybridized carbons (Fsp3) is 0.250. The third kappa shape index (κ3) is 4.05. The van der Waals surface area contributed by atoms with E-state index in [0.29, 0.717) is 12.2 Å². The highest BCUT2D eigenvalue weighted by Crippen LogP contribution is 2.30. The molecule has 0 radical (unpaired) electrons. The third-order valence-electron chi connectivity index (χ3n) is 3.21. The average molecular weight is 417 g/mol. The number of ether oxygens (including phenoxy) is 1. The van der Waals surface area contributed by atoms with E-state index < -0.39 is 0 Å². The Labute approximate surface area is 141 Å². The Hall–Kier alpha value is -0.910. The van der Waals surface area contributed by atoms with Crippen LogP contribution in [0.15, 0.2) is 45.3 Å². The smallest absolute Gasteiger partial charge is 0.129 e. The lowest BCUT2D eigenvalue weighted by Crippen LogP contribution is -2.10. The van der Waals surface area contributed by atoms with Crippen molar-refractivity contribution in [1.82, 2.24) is 0 Å². The maximum atomic E-state index is 14.0. The van der Waals surface area contributed by atoms with Gasteiger partial charge in [-0.3, -0.25) is 0 Å². The van der Waals surface area contributed by atoms with Crippen molar-refractivity contribution in [2.45, 2.75) is 19.6 Å². The standard InChI is InChI=1S/C16H16Br2FNO/c1-10(12-7-6-11(17)8-15(12)19)20-16-5-3-4-14(18)13(16)9-21-2/h3-8,10,20H,9H2,1-2H3. The van der Waals surface area contributed by atoms with Gasteiger partial charge in [0.25, 0.3) is 0 Å². The molecule has 2 nitrogen and oxygen atoms in total. The number of halogens is 3. The predicted molar refractivity (Wildman–Crippen MR) is 91.0 cm³/mol. The van der Waals surface area contributed by atoms with Gasteiger partial charge in [-0.2, -0.15) is 0 Å². The molecule has 21 heavy (non-hydrogen) atoms. The Bertz CT molecular complexity index is 634. The molecule has 0 spiro atoms. The lowest BCUT2D eigenvalue weighted by Gasteiger charge is -2.20. The molecule has 2 rings (SSSR count). The zero-order chi connectivity index (χ0) is 15.4. The van der Waals surface area contributed by atoms with Crippen molar-refractivity contribution in [3.8, 4) is 0 Å². The molecule has 1 N–H and O–H groups in total. The Morgan fingerprint density at radius 1 is 1.24 bits per heavy atom. The summed E-state index contributed by atoms with van der Waals surface area (Å²) in [7, 11) is 1.65. The van der Waals surface area contributed by atoms with Gasteiger partial charge in [-0.25, -0.2) is 4.39 Å². The molecular formula is C16H16Br2FNO. The van der Waals surface area contributed by atoms with E-state index in [-0.39, 0.29) is 11.9 Å². The summed E-state index contributed by atoms with van der Waals surface area (Å²) >= 11 is 6.79. The van der Waals surface area contributed by atoms with E-state index in [0.717, 1.165) is 20.2 Å². The van der Waals surface area contributed by atoms with Gasteiger partial charge in [0, 0.05) is 32.9 Å². The van der Waals surface area contributed by atoms with Crippen LogP contribution in [0, 0.1) is 5.82 Å². The fourth-order valence-corrected chi connectivity index (χ4v) is 2.96. The first-order valence-corrected chi connectivity index (χ1v) is 8.09. The SMILES string of the molecule is COCc1c(Br)cccc1NC(C)c1ccc(Br)cc1F. The van der Waals surface area contributed by atoms with Crippen LogP contribution in [0.3, 0.4) is 0 Å². The van der Waals surface area contributed by atoms with Gasteiger partial charge >= 0.3 is 0 Å². The largest absolute Gasteiger partial charge is 0.380 e. The number of benzene rings is 2. The average Bonchev–Trinajstić information content (AvgIpc) is 2.42. The molecule has 2 aromatic rings. The zero-order valence-electron chi connectivity index (χ0n) is 11.8. The zero-order valence-corrected chi connectivity index (χ0v) is 15.0. The van der Waals surface area contributed by atoms with E-state index in [4.69, 9.17) is 4.74 Å². The molecule has 0 bridgehead atoms. The normalized spacial score (nSPS) is 12.2.